The molecule has 0 radical (unpaired) electrons. The van der Waals surface area contributed by atoms with Crippen LogP contribution in [-0.2, 0) is 32.7 Å². The number of ether oxygens (including phenoxy) is 2. The number of carbonyl (C=O) groups excluding carboxylic acids is 2. The zero-order valence-corrected chi connectivity index (χ0v) is 36.1. The lowest BCUT2D eigenvalue weighted by Gasteiger charge is -2.28. The third-order valence-electron chi connectivity index (χ3n) is 9.54. The quantitative estimate of drug-likeness (QED) is 0.0199. The van der Waals surface area contributed by atoms with Crippen molar-refractivity contribution in [1.82, 2.24) is 0 Å². The van der Waals surface area contributed by atoms with E-state index in [1.54, 1.807) is 0 Å². The highest BCUT2D eigenvalue weighted by molar-refractivity contribution is 7.45. The average Bonchev–Trinajstić information content (AvgIpc) is 3.10. The Balaban J connectivity index is 4.33. The van der Waals surface area contributed by atoms with Gasteiger partial charge in [0.15, 0.2) is 6.10 Å². The minimum absolute atomic E-state index is 0.0294. The molecule has 1 unspecified atom stereocenters. The Morgan fingerprint density at radius 3 is 1.42 bits per heavy atom. The minimum Gasteiger partial charge on any atom is -0.756 e. The molecule has 0 spiro atoms. The summed E-state index contributed by atoms with van der Waals surface area (Å²) in [7, 11) is 1.17. The van der Waals surface area contributed by atoms with E-state index in [0.29, 0.717) is 17.4 Å². The number of carbonyl (C=O) groups is 2. The molecular weight excluding hydrogens is 689 g/mol. The summed E-state index contributed by atoms with van der Waals surface area (Å²) in [6, 6.07) is 0. The molecule has 10 heteroatoms. The summed E-state index contributed by atoms with van der Waals surface area (Å²) in [6.07, 6.45) is 36.6. The largest absolute Gasteiger partial charge is 0.756 e. The van der Waals surface area contributed by atoms with Crippen LogP contribution in [0.5, 0.6) is 0 Å². The van der Waals surface area contributed by atoms with Crippen molar-refractivity contribution in [2.75, 3.05) is 47.5 Å². The molecule has 0 rings (SSSR count). The molecule has 0 aliphatic heterocycles. The predicted molar refractivity (Wildman–Crippen MR) is 218 cm³/mol. The number of hydrogen-bond donors (Lipinski definition) is 0. The van der Waals surface area contributed by atoms with Crippen LogP contribution in [0.15, 0.2) is 12.2 Å². The van der Waals surface area contributed by atoms with E-state index in [9.17, 15) is 19.0 Å². The zero-order chi connectivity index (χ0) is 39.3. The van der Waals surface area contributed by atoms with Gasteiger partial charge in [-0.25, -0.2) is 0 Å². The number of unbranched alkanes of at least 4 members (excludes halogenated alkanes) is 24. The summed E-state index contributed by atoms with van der Waals surface area (Å²) in [5, 5.41) is 0. The fraction of sp³-hybridized carbons (Fsp3) is 0.907. The van der Waals surface area contributed by atoms with Gasteiger partial charge in [0.1, 0.15) is 19.8 Å². The molecule has 0 amide bonds. The molecular formula is C43H84NO8P. The standard InChI is InChI=1S/C43H84NO8P/c1-6-8-10-12-14-16-18-20-21-22-24-25-27-29-31-33-35-42(45)49-39-41(40-51-53(47,48)50-38-37-44(3,4)5)52-43(46)36-34-32-30-28-26-23-19-17-15-13-11-9-7-2/h17,19,41H,6-16,18,20-40H2,1-5H3/b19-17+/t41-/m1/s1. The van der Waals surface area contributed by atoms with Crippen molar-refractivity contribution in [3.05, 3.63) is 12.2 Å². The Hall–Kier alpha value is -1.25. The van der Waals surface area contributed by atoms with Gasteiger partial charge in [0.05, 0.1) is 27.7 Å². The third-order valence-corrected chi connectivity index (χ3v) is 10.5. The summed E-state index contributed by atoms with van der Waals surface area (Å²) in [5.74, 6) is -0.836. The fourth-order valence-electron chi connectivity index (χ4n) is 6.06. The molecule has 0 saturated carbocycles. The van der Waals surface area contributed by atoms with Crippen molar-refractivity contribution in [2.45, 2.75) is 206 Å². The zero-order valence-electron chi connectivity index (χ0n) is 35.2. The lowest BCUT2D eigenvalue weighted by atomic mass is 10.0. The van der Waals surface area contributed by atoms with Crippen molar-refractivity contribution in [3.63, 3.8) is 0 Å². The molecule has 0 aliphatic carbocycles. The van der Waals surface area contributed by atoms with Gasteiger partial charge < -0.3 is 27.9 Å². The van der Waals surface area contributed by atoms with Crippen LogP contribution in [0.4, 0.5) is 0 Å². The van der Waals surface area contributed by atoms with Crippen molar-refractivity contribution < 1.29 is 42.1 Å². The SMILES string of the molecule is CCCCCC/C=C/CCCCCCCC(=O)O[C@H](COC(=O)CCCCCCCCCCCCCCCCCC)COP(=O)([O-])OCC[N+](C)(C)C. The second-order valence-corrected chi connectivity index (χ2v) is 17.5. The fourth-order valence-corrected chi connectivity index (χ4v) is 6.79. The molecule has 0 aromatic heterocycles. The Kier molecular flexibility index (Phi) is 35.5. The van der Waals surface area contributed by atoms with Crippen LogP contribution in [-0.4, -0.2) is 70.0 Å². The van der Waals surface area contributed by atoms with Gasteiger partial charge in [-0.3, -0.25) is 14.2 Å². The average molecular weight is 774 g/mol. The van der Waals surface area contributed by atoms with Crippen LogP contribution in [0.1, 0.15) is 200 Å². The maximum atomic E-state index is 12.6. The van der Waals surface area contributed by atoms with Crippen LogP contribution < -0.4 is 4.89 Å². The Morgan fingerprint density at radius 2 is 0.962 bits per heavy atom. The van der Waals surface area contributed by atoms with Crippen LogP contribution in [0.25, 0.3) is 0 Å². The van der Waals surface area contributed by atoms with E-state index in [1.165, 1.54) is 116 Å². The highest BCUT2D eigenvalue weighted by Crippen LogP contribution is 2.38. The highest BCUT2D eigenvalue weighted by Gasteiger charge is 2.21. The Morgan fingerprint density at radius 1 is 0.566 bits per heavy atom. The van der Waals surface area contributed by atoms with E-state index in [1.807, 2.05) is 21.1 Å². The number of hydrogen-bond acceptors (Lipinski definition) is 8. The first-order chi connectivity index (χ1) is 25.5. The molecule has 9 nitrogen and oxygen atoms in total. The number of likely N-dealkylation sites (N-methyl/N-ethyl adjacent to an activating group) is 1. The lowest BCUT2D eigenvalue weighted by molar-refractivity contribution is -0.870. The van der Waals surface area contributed by atoms with E-state index < -0.39 is 26.5 Å². The number of nitrogens with zero attached hydrogens (tertiary/aromatic N) is 1. The smallest absolute Gasteiger partial charge is 0.306 e. The van der Waals surface area contributed by atoms with Crippen LogP contribution in [0.2, 0.25) is 0 Å². The van der Waals surface area contributed by atoms with Crippen LogP contribution >= 0.6 is 7.82 Å². The summed E-state index contributed by atoms with van der Waals surface area (Å²) >= 11 is 0. The molecule has 0 fully saturated rings. The lowest BCUT2D eigenvalue weighted by Crippen LogP contribution is -2.37. The number of esters is 2. The van der Waals surface area contributed by atoms with Gasteiger partial charge in [-0.05, 0) is 38.5 Å². The second-order valence-electron chi connectivity index (χ2n) is 16.1. The van der Waals surface area contributed by atoms with Crippen LogP contribution in [0.3, 0.4) is 0 Å². The van der Waals surface area contributed by atoms with E-state index in [-0.39, 0.29) is 32.0 Å². The summed E-state index contributed by atoms with van der Waals surface area (Å²) in [5.41, 5.74) is 0. The molecule has 53 heavy (non-hydrogen) atoms. The van der Waals surface area contributed by atoms with E-state index >= 15 is 0 Å². The first kappa shape index (κ1) is 51.8. The number of quaternary nitrogens is 1. The van der Waals surface area contributed by atoms with E-state index in [4.69, 9.17) is 18.5 Å². The predicted octanol–water partition coefficient (Wildman–Crippen LogP) is 11.6. The van der Waals surface area contributed by atoms with Crippen molar-refractivity contribution in [1.29, 1.82) is 0 Å². The number of rotatable bonds is 40. The summed E-state index contributed by atoms with van der Waals surface area (Å²) in [4.78, 5) is 37.5. The van der Waals surface area contributed by atoms with Crippen molar-refractivity contribution in [2.24, 2.45) is 0 Å². The molecule has 0 bridgehead atoms. The normalized spacial score (nSPS) is 13.7. The Bertz CT molecular complexity index is 922. The monoisotopic (exact) mass is 774 g/mol. The van der Waals surface area contributed by atoms with E-state index in [0.717, 1.165) is 51.4 Å². The highest BCUT2D eigenvalue weighted by atomic mass is 31.2. The molecule has 0 heterocycles. The summed E-state index contributed by atoms with van der Waals surface area (Å²) < 4.78 is 33.9. The molecule has 0 aliphatic rings. The first-order valence-electron chi connectivity index (χ1n) is 21.9. The molecule has 0 aromatic rings. The Labute approximate surface area is 326 Å². The number of phosphoric ester groups is 1. The minimum atomic E-state index is -4.62. The topological polar surface area (TPSA) is 111 Å². The maximum Gasteiger partial charge on any atom is 0.306 e. The number of phosphoric acid groups is 1. The van der Waals surface area contributed by atoms with Gasteiger partial charge in [-0.15, -0.1) is 0 Å². The van der Waals surface area contributed by atoms with Gasteiger partial charge in [-0.1, -0.05) is 161 Å². The van der Waals surface area contributed by atoms with Gasteiger partial charge in [0.2, 0.25) is 0 Å². The molecule has 2 atom stereocenters. The first-order valence-corrected chi connectivity index (χ1v) is 23.4. The van der Waals surface area contributed by atoms with Crippen molar-refractivity contribution in [3.8, 4) is 0 Å². The van der Waals surface area contributed by atoms with Gasteiger partial charge >= 0.3 is 11.9 Å². The van der Waals surface area contributed by atoms with Gasteiger partial charge in [0.25, 0.3) is 7.82 Å². The van der Waals surface area contributed by atoms with Crippen molar-refractivity contribution >= 4 is 19.8 Å². The van der Waals surface area contributed by atoms with Gasteiger partial charge in [0, 0.05) is 12.8 Å². The van der Waals surface area contributed by atoms with Crippen LogP contribution in [0, 0.1) is 0 Å². The molecule has 0 saturated heterocycles. The molecule has 314 valence electrons. The van der Waals surface area contributed by atoms with Gasteiger partial charge in [-0.2, -0.15) is 0 Å². The molecule has 0 N–H and O–H groups in total. The maximum absolute atomic E-state index is 12.6. The van der Waals surface area contributed by atoms with E-state index in [2.05, 4.69) is 26.0 Å². The second kappa shape index (κ2) is 36.4. The number of allylic oxidation sites excluding steroid dienone is 2. The molecule has 0 aromatic carbocycles. The third kappa shape index (κ3) is 40.2. The summed E-state index contributed by atoms with van der Waals surface area (Å²) in [6.45, 7) is 4.22.